The highest BCUT2D eigenvalue weighted by Crippen LogP contribution is 2.65. The Balaban J connectivity index is 1.43. The Labute approximate surface area is 153 Å². The highest BCUT2D eigenvalue weighted by molar-refractivity contribution is 6.32. The lowest BCUT2D eigenvalue weighted by Gasteiger charge is -2.37. The van der Waals surface area contributed by atoms with E-state index >= 15 is 0 Å². The summed E-state index contributed by atoms with van der Waals surface area (Å²) in [4.78, 5) is 36.0. The Morgan fingerprint density at radius 1 is 1.15 bits per heavy atom. The van der Waals surface area contributed by atoms with Crippen molar-refractivity contribution in [1.29, 1.82) is 0 Å². The number of hydrazone groups is 1. The summed E-state index contributed by atoms with van der Waals surface area (Å²) < 4.78 is 0. The van der Waals surface area contributed by atoms with Crippen molar-refractivity contribution in [3.05, 3.63) is 51.1 Å². The quantitative estimate of drug-likeness (QED) is 0.268. The number of carbonyl (C=O) groups excluding carboxylic acids is 2. The molecule has 4 aliphatic carbocycles. The molecule has 1 aliphatic heterocycles. The molecule has 0 unspecified atom stereocenters. The first kappa shape index (κ1) is 15.7. The van der Waals surface area contributed by atoms with Crippen LogP contribution < -0.4 is 0 Å². The summed E-state index contributed by atoms with van der Waals surface area (Å²) in [6.07, 6.45) is 6.60. The van der Waals surface area contributed by atoms with Crippen LogP contribution in [0.5, 0.6) is 0 Å². The molecule has 5 aliphatic rings. The van der Waals surface area contributed by atoms with Crippen molar-refractivity contribution in [2.45, 2.75) is 6.42 Å². The van der Waals surface area contributed by atoms with Gasteiger partial charge in [-0.05, 0) is 36.2 Å². The number of hydrogen-bond acceptors (Lipinski definition) is 5. The molecule has 2 amide bonds. The minimum Gasteiger partial charge on any atom is -0.272 e. The average molecular weight is 372 g/mol. The first-order valence-electron chi connectivity index (χ1n) is 8.51. The lowest BCUT2D eigenvalue weighted by Crippen LogP contribution is -2.40. The van der Waals surface area contributed by atoms with Crippen molar-refractivity contribution in [3.8, 4) is 0 Å². The van der Waals surface area contributed by atoms with E-state index < -0.39 is 4.92 Å². The molecule has 1 saturated heterocycles. The molecule has 8 heteroatoms. The zero-order chi connectivity index (χ0) is 18.2. The highest BCUT2D eigenvalue weighted by Gasteiger charge is 2.67. The number of rotatable bonds is 3. The standard InChI is InChI=1S/C18H14ClN3O4/c19-13-4-1-8(5-14(13)22(25)26)7-20-21-17(23)15-9-2-3-10(12-6-11(9)12)16(15)18(21)24/h1-5,7,9-12,15-16H,6H2/b20-7-/t9-,10+,11-,12-,15+,16+/m1/s1. The number of nitrogens with zero attached hydrogens (tertiary/aromatic N) is 3. The van der Waals surface area contributed by atoms with E-state index in [1.807, 2.05) is 0 Å². The molecule has 7 nitrogen and oxygen atoms in total. The molecule has 132 valence electrons. The Bertz CT molecular complexity index is 891. The fraction of sp³-hybridized carbons (Fsp3) is 0.389. The minimum atomic E-state index is -0.587. The zero-order valence-electron chi connectivity index (χ0n) is 13.5. The van der Waals surface area contributed by atoms with Crippen LogP contribution in [0.1, 0.15) is 12.0 Å². The molecule has 26 heavy (non-hydrogen) atoms. The third kappa shape index (κ3) is 2.03. The Hall–Kier alpha value is -2.54. The number of nitro benzene ring substituents is 1. The van der Waals surface area contributed by atoms with Gasteiger partial charge in [-0.25, -0.2) is 0 Å². The largest absolute Gasteiger partial charge is 0.288 e. The van der Waals surface area contributed by atoms with Crippen molar-refractivity contribution < 1.29 is 14.5 Å². The maximum absolute atomic E-state index is 12.8. The number of hydrogen-bond donors (Lipinski definition) is 0. The van der Waals surface area contributed by atoms with E-state index in [-0.39, 0.29) is 46.2 Å². The first-order valence-corrected chi connectivity index (χ1v) is 8.89. The van der Waals surface area contributed by atoms with Gasteiger partial charge in [-0.15, -0.1) is 0 Å². The van der Waals surface area contributed by atoms with E-state index in [0.717, 1.165) is 11.4 Å². The fourth-order valence-corrected chi connectivity index (χ4v) is 5.12. The van der Waals surface area contributed by atoms with Crippen molar-refractivity contribution in [1.82, 2.24) is 5.01 Å². The fourth-order valence-electron chi connectivity index (χ4n) is 4.93. The van der Waals surface area contributed by atoms with Gasteiger partial charge in [-0.2, -0.15) is 10.1 Å². The van der Waals surface area contributed by atoms with Crippen LogP contribution in [0.3, 0.4) is 0 Å². The van der Waals surface area contributed by atoms with Crippen molar-refractivity contribution in [2.75, 3.05) is 0 Å². The predicted molar refractivity (Wildman–Crippen MR) is 92.3 cm³/mol. The van der Waals surface area contributed by atoms with Crippen molar-refractivity contribution >= 4 is 35.3 Å². The number of nitro groups is 1. The van der Waals surface area contributed by atoms with Gasteiger partial charge in [0, 0.05) is 11.6 Å². The van der Waals surface area contributed by atoms with Gasteiger partial charge in [-0.3, -0.25) is 19.7 Å². The summed E-state index contributed by atoms with van der Waals surface area (Å²) in [5.74, 6) is 0.216. The van der Waals surface area contributed by atoms with Crippen LogP contribution in [-0.2, 0) is 9.59 Å². The molecule has 1 heterocycles. The van der Waals surface area contributed by atoms with Gasteiger partial charge in [0.2, 0.25) is 0 Å². The summed E-state index contributed by atoms with van der Waals surface area (Å²) in [5.41, 5.74) is 0.159. The third-order valence-electron chi connectivity index (χ3n) is 6.13. The number of halogens is 1. The van der Waals surface area contributed by atoms with Crippen LogP contribution in [0.4, 0.5) is 5.69 Å². The number of carbonyl (C=O) groups is 2. The van der Waals surface area contributed by atoms with Crippen LogP contribution >= 0.6 is 11.6 Å². The topological polar surface area (TPSA) is 92.9 Å². The van der Waals surface area contributed by atoms with Gasteiger partial charge < -0.3 is 0 Å². The number of amides is 2. The molecule has 0 spiro atoms. The van der Waals surface area contributed by atoms with E-state index in [9.17, 15) is 19.7 Å². The van der Waals surface area contributed by atoms with E-state index in [4.69, 9.17) is 11.6 Å². The monoisotopic (exact) mass is 371 g/mol. The van der Waals surface area contributed by atoms with Crippen LogP contribution in [0.15, 0.2) is 35.5 Å². The summed E-state index contributed by atoms with van der Waals surface area (Å²) in [6.45, 7) is 0. The molecule has 0 N–H and O–H groups in total. The molecule has 1 aromatic carbocycles. The molecule has 6 rings (SSSR count). The number of benzene rings is 1. The van der Waals surface area contributed by atoms with Crippen LogP contribution in [0.25, 0.3) is 0 Å². The normalized spacial score (nSPS) is 36.6. The lowest BCUT2D eigenvalue weighted by atomic mass is 9.63. The van der Waals surface area contributed by atoms with Gasteiger partial charge >= 0.3 is 0 Å². The second kappa shape index (κ2) is 5.23. The average Bonchev–Trinajstić information content (AvgIpc) is 3.40. The first-order chi connectivity index (χ1) is 12.5. The summed E-state index contributed by atoms with van der Waals surface area (Å²) in [7, 11) is 0. The van der Waals surface area contributed by atoms with Crippen molar-refractivity contribution in [2.24, 2.45) is 40.6 Å². The molecule has 3 fully saturated rings. The minimum absolute atomic E-state index is 0.0216. The molecular weight excluding hydrogens is 358 g/mol. The van der Waals surface area contributed by atoms with Gasteiger partial charge in [-0.1, -0.05) is 29.8 Å². The zero-order valence-corrected chi connectivity index (χ0v) is 14.2. The lowest BCUT2D eigenvalue weighted by molar-refractivity contribution is -0.384. The number of allylic oxidation sites excluding steroid dienone is 2. The summed E-state index contributed by atoms with van der Waals surface area (Å²) >= 11 is 5.79. The Morgan fingerprint density at radius 2 is 1.77 bits per heavy atom. The van der Waals surface area contributed by atoms with Crippen LogP contribution in [0, 0.1) is 45.6 Å². The second-order valence-corrected chi connectivity index (χ2v) is 7.76. The van der Waals surface area contributed by atoms with E-state index in [1.165, 1.54) is 18.3 Å². The molecule has 1 aromatic rings. The van der Waals surface area contributed by atoms with Crippen molar-refractivity contribution in [3.63, 3.8) is 0 Å². The summed E-state index contributed by atoms with van der Waals surface area (Å²) in [5, 5.41) is 16.0. The molecular formula is C18H14ClN3O4. The SMILES string of the molecule is O=C1[C@H]2[C@@H]3C=C[C@@H]([C@H]4C[C@H]34)[C@@H]2C(=O)N1/N=C\c1ccc(Cl)c([N+](=O)[O-])c1. The van der Waals surface area contributed by atoms with E-state index in [1.54, 1.807) is 6.07 Å². The maximum atomic E-state index is 12.8. The molecule has 2 saturated carbocycles. The molecule has 0 aromatic heterocycles. The van der Waals surface area contributed by atoms with E-state index in [2.05, 4.69) is 17.3 Å². The highest BCUT2D eigenvalue weighted by atomic mass is 35.5. The third-order valence-corrected chi connectivity index (χ3v) is 6.45. The smallest absolute Gasteiger partial charge is 0.272 e. The van der Waals surface area contributed by atoms with Gasteiger partial charge in [0.05, 0.1) is 23.0 Å². The van der Waals surface area contributed by atoms with Gasteiger partial charge in [0.15, 0.2) is 0 Å². The molecule has 6 atom stereocenters. The predicted octanol–water partition coefficient (Wildman–Crippen LogP) is 2.64. The Kier molecular flexibility index (Phi) is 3.16. The van der Waals surface area contributed by atoms with Gasteiger partial charge in [0.25, 0.3) is 17.5 Å². The molecule has 2 bridgehead atoms. The van der Waals surface area contributed by atoms with Crippen LogP contribution in [-0.4, -0.2) is 28.0 Å². The molecule has 0 radical (unpaired) electrons. The van der Waals surface area contributed by atoms with E-state index in [0.29, 0.717) is 17.4 Å². The van der Waals surface area contributed by atoms with Gasteiger partial charge in [0.1, 0.15) is 5.02 Å². The second-order valence-electron chi connectivity index (χ2n) is 7.36. The Morgan fingerprint density at radius 3 is 2.35 bits per heavy atom. The van der Waals surface area contributed by atoms with Crippen LogP contribution in [0.2, 0.25) is 5.02 Å². The number of imide groups is 1. The summed E-state index contributed by atoms with van der Waals surface area (Å²) in [6, 6.07) is 4.22. The maximum Gasteiger partial charge on any atom is 0.288 e.